The minimum atomic E-state index is 0.185. The van der Waals surface area contributed by atoms with Crippen LogP contribution in [0.5, 0.6) is 0 Å². The SMILES string of the molecule is CSc1ccc(C(=O)CC(C)NCCCCCCNC(C)CC(=O)c2ccc(SC)cc2)cc1. The number of thioether (sulfide) groups is 2. The number of unbranched alkanes of at least 4 members (excludes halogenated alkanes) is 3. The van der Waals surface area contributed by atoms with E-state index in [0.717, 1.165) is 37.1 Å². The Morgan fingerprint density at radius 1 is 0.647 bits per heavy atom. The molecule has 0 bridgehead atoms. The van der Waals surface area contributed by atoms with Gasteiger partial charge in [-0.25, -0.2) is 0 Å². The van der Waals surface area contributed by atoms with Crippen molar-refractivity contribution in [2.45, 2.75) is 74.2 Å². The number of benzene rings is 2. The number of hydrogen-bond donors (Lipinski definition) is 2. The molecule has 186 valence electrons. The van der Waals surface area contributed by atoms with E-state index in [4.69, 9.17) is 0 Å². The first-order valence-corrected chi connectivity index (χ1v) is 14.7. The predicted molar refractivity (Wildman–Crippen MR) is 148 cm³/mol. The minimum absolute atomic E-state index is 0.185. The first-order chi connectivity index (χ1) is 16.4. The monoisotopic (exact) mass is 500 g/mol. The number of hydrogen-bond acceptors (Lipinski definition) is 6. The van der Waals surface area contributed by atoms with Gasteiger partial charge < -0.3 is 10.6 Å². The van der Waals surface area contributed by atoms with Gasteiger partial charge in [0.25, 0.3) is 0 Å². The van der Waals surface area contributed by atoms with Crippen molar-refractivity contribution in [2.75, 3.05) is 25.6 Å². The second kappa shape index (κ2) is 16.1. The van der Waals surface area contributed by atoms with Crippen LogP contribution >= 0.6 is 23.5 Å². The van der Waals surface area contributed by atoms with Crippen LogP contribution in [0, 0.1) is 0 Å². The van der Waals surface area contributed by atoms with E-state index in [0.29, 0.717) is 12.8 Å². The molecular formula is C28H40N2O2S2. The maximum atomic E-state index is 12.4. The van der Waals surface area contributed by atoms with E-state index in [2.05, 4.69) is 24.5 Å². The standard InChI is InChI=1S/C28H40N2O2S2/c1-21(19-27(31)23-9-13-25(33-3)14-10-23)29-17-7-5-6-8-18-30-22(2)20-28(32)24-11-15-26(34-4)16-12-24/h9-16,21-22,29-30H,5-8,17-20H2,1-4H3. The van der Waals surface area contributed by atoms with Crippen molar-refractivity contribution in [1.82, 2.24) is 10.6 Å². The highest BCUT2D eigenvalue weighted by Crippen LogP contribution is 2.17. The molecule has 6 heteroatoms. The van der Waals surface area contributed by atoms with Crippen LogP contribution in [-0.4, -0.2) is 49.3 Å². The van der Waals surface area contributed by atoms with Crippen molar-refractivity contribution in [2.24, 2.45) is 0 Å². The average molecular weight is 501 g/mol. The summed E-state index contributed by atoms with van der Waals surface area (Å²) in [6.07, 6.45) is 9.69. The second-order valence-electron chi connectivity index (χ2n) is 8.84. The van der Waals surface area contributed by atoms with Crippen molar-refractivity contribution in [3.63, 3.8) is 0 Å². The molecule has 0 saturated carbocycles. The molecule has 2 unspecified atom stereocenters. The molecule has 34 heavy (non-hydrogen) atoms. The average Bonchev–Trinajstić information content (AvgIpc) is 2.85. The zero-order valence-corrected chi connectivity index (χ0v) is 22.7. The van der Waals surface area contributed by atoms with Crippen LogP contribution in [0.4, 0.5) is 0 Å². The fourth-order valence-electron chi connectivity index (χ4n) is 3.79. The van der Waals surface area contributed by atoms with Crippen molar-refractivity contribution in [1.29, 1.82) is 0 Å². The van der Waals surface area contributed by atoms with Gasteiger partial charge in [0.1, 0.15) is 0 Å². The Morgan fingerprint density at radius 3 is 1.32 bits per heavy atom. The molecule has 2 atom stereocenters. The third-order valence-corrected chi connectivity index (χ3v) is 7.38. The van der Waals surface area contributed by atoms with Gasteiger partial charge in [0.2, 0.25) is 0 Å². The third kappa shape index (κ3) is 10.8. The van der Waals surface area contributed by atoms with Gasteiger partial charge in [-0.1, -0.05) is 37.1 Å². The maximum absolute atomic E-state index is 12.4. The fraction of sp³-hybridized carbons (Fsp3) is 0.500. The molecule has 4 nitrogen and oxygen atoms in total. The molecule has 0 saturated heterocycles. The van der Waals surface area contributed by atoms with Gasteiger partial charge in [0.05, 0.1) is 0 Å². The van der Waals surface area contributed by atoms with Crippen LogP contribution in [0.25, 0.3) is 0 Å². The van der Waals surface area contributed by atoms with Crippen LogP contribution in [0.3, 0.4) is 0 Å². The summed E-state index contributed by atoms with van der Waals surface area (Å²) in [5.41, 5.74) is 1.59. The van der Waals surface area contributed by atoms with E-state index in [-0.39, 0.29) is 23.7 Å². The molecule has 2 N–H and O–H groups in total. The first-order valence-electron chi connectivity index (χ1n) is 12.2. The Balaban J connectivity index is 1.49. The van der Waals surface area contributed by atoms with Crippen molar-refractivity contribution in [3.05, 3.63) is 59.7 Å². The largest absolute Gasteiger partial charge is 0.314 e. The summed E-state index contributed by atoms with van der Waals surface area (Å²) < 4.78 is 0. The molecule has 0 radical (unpaired) electrons. The van der Waals surface area contributed by atoms with E-state index in [1.807, 2.05) is 61.0 Å². The van der Waals surface area contributed by atoms with Gasteiger partial charge in [-0.15, -0.1) is 23.5 Å². The highest BCUT2D eigenvalue weighted by atomic mass is 32.2. The van der Waals surface area contributed by atoms with Crippen LogP contribution in [0.15, 0.2) is 58.3 Å². The third-order valence-electron chi connectivity index (χ3n) is 5.90. The van der Waals surface area contributed by atoms with Crippen molar-refractivity contribution < 1.29 is 9.59 Å². The molecule has 2 rings (SSSR count). The summed E-state index contributed by atoms with van der Waals surface area (Å²) in [6, 6.07) is 16.1. The normalized spacial score (nSPS) is 12.9. The predicted octanol–water partition coefficient (Wildman–Crippen LogP) is 6.49. The topological polar surface area (TPSA) is 58.2 Å². The van der Waals surface area contributed by atoms with Crippen LogP contribution in [0.2, 0.25) is 0 Å². The van der Waals surface area contributed by atoms with E-state index < -0.39 is 0 Å². The smallest absolute Gasteiger partial charge is 0.164 e. The van der Waals surface area contributed by atoms with Gasteiger partial charge >= 0.3 is 0 Å². The van der Waals surface area contributed by atoms with Crippen molar-refractivity contribution >= 4 is 35.1 Å². The number of carbonyl (C=O) groups is 2. The Bertz CT molecular complexity index is 795. The zero-order valence-electron chi connectivity index (χ0n) is 21.1. The lowest BCUT2D eigenvalue weighted by molar-refractivity contribution is 0.0962. The minimum Gasteiger partial charge on any atom is -0.314 e. The molecule has 0 aliphatic heterocycles. The summed E-state index contributed by atoms with van der Waals surface area (Å²) in [6.45, 7) is 6.04. The molecule has 2 aromatic rings. The number of nitrogens with one attached hydrogen (secondary N) is 2. The second-order valence-corrected chi connectivity index (χ2v) is 10.6. The molecule has 2 aromatic carbocycles. The van der Waals surface area contributed by atoms with Crippen LogP contribution < -0.4 is 10.6 Å². The van der Waals surface area contributed by atoms with Gasteiger partial charge in [0.15, 0.2) is 11.6 Å². The van der Waals surface area contributed by atoms with E-state index in [1.54, 1.807) is 23.5 Å². The molecule has 0 aromatic heterocycles. The van der Waals surface area contributed by atoms with Gasteiger partial charge in [-0.05, 0) is 76.6 Å². The molecular weight excluding hydrogens is 460 g/mol. The van der Waals surface area contributed by atoms with E-state index in [9.17, 15) is 9.59 Å². The first kappa shape index (κ1) is 28.6. The lowest BCUT2D eigenvalue weighted by atomic mass is 10.0. The van der Waals surface area contributed by atoms with Crippen LogP contribution in [0.1, 0.15) is 73.1 Å². The summed E-state index contributed by atoms with van der Waals surface area (Å²) in [4.78, 5) is 27.2. The lowest BCUT2D eigenvalue weighted by Gasteiger charge is -2.14. The summed E-state index contributed by atoms with van der Waals surface area (Å²) in [7, 11) is 0. The van der Waals surface area contributed by atoms with Crippen molar-refractivity contribution in [3.8, 4) is 0 Å². The summed E-state index contributed by atoms with van der Waals surface area (Å²) in [5.74, 6) is 0.395. The Kier molecular flexibility index (Phi) is 13.6. The van der Waals surface area contributed by atoms with E-state index in [1.165, 1.54) is 22.6 Å². The number of Topliss-reactive ketones (excluding diaryl/α,β-unsaturated/α-hetero) is 2. The summed E-state index contributed by atoms with van der Waals surface area (Å²) >= 11 is 3.37. The molecule has 0 heterocycles. The molecule has 0 amide bonds. The summed E-state index contributed by atoms with van der Waals surface area (Å²) in [5, 5.41) is 6.96. The highest BCUT2D eigenvalue weighted by Gasteiger charge is 2.12. The number of rotatable bonds is 17. The van der Waals surface area contributed by atoms with Gasteiger partial charge in [-0.3, -0.25) is 9.59 Å². The fourth-order valence-corrected chi connectivity index (χ4v) is 4.61. The Labute approximate surface area is 214 Å². The Hall–Kier alpha value is -1.60. The zero-order chi connectivity index (χ0) is 24.8. The van der Waals surface area contributed by atoms with E-state index >= 15 is 0 Å². The quantitative estimate of drug-likeness (QED) is 0.147. The molecule has 0 aliphatic carbocycles. The van der Waals surface area contributed by atoms with Gasteiger partial charge in [0, 0.05) is 45.8 Å². The van der Waals surface area contributed by atoms with Gasteiger partial charge in [-0.2, -0.15) is 0 Å². The molecule has 0 aliphatic rings. The maximum Gasteiger partial charge on any atom is 0.164 e. The lowest BCUT2D eigenvalue weighted by Crippen LogP contribution is -2.30. The highest BCUT2D eigenvalue weighted by molar-refractivity contribution is 7.98. The van der Waals surface area contributed by atoms with Crippen LogP contribution in [-0.2, 0) is 0 Å². The Morgan fingerprint density at radius 2 is 1.00 bits per heavy atom. The number of ketones is 2. The molecule has 0 fully saturated rings. The number of carbonyl (C=O) groups excluding carboxylic acids is 2. The molecule has 0 spiro atoms.